The quantitative estimate of drug-likeness (QED) is 0.843. The van der Waals surface area contributed by atoms with Crippen molar-refractivity contribution in [1.29, 1.82) is 0 Å². The molecule has 114 valence electrons. The molecular weight excluding hydrogens is 288 g/mol. The molecule has 5 nitrogen and oxygen atoms in total. The Morgan fingerprint density at radius 2 is 1.81 bits per heavy atom. The molecular formula is C15H20N2O3S. The van der Waals surface area contributed by atoms with E-state index in [1.54, 1.807) is 6.08 Å². The van der Waals surface area contributed by atoms with Gasteiger partial charge in [-0.2, -0.15) is 4.31 Å². The normalized spacial score (nSPS) is 16.4. The summed E-state index contributed by atoms with van der Waals surface area (Å²) in [6, 6.07) is 6.06. The van der Waals surface area contributed by atoms with Crippen molar-refractivity contribution < 1.29 is 13.2 Å². The van der Waals surface area contributed by atoms with E-state index in [0.29, 0.717) is 25.2 Å². The van der Waals surface area contributed by atoms with Crippen LogP contribution in [0, 0.1) is 0 Å². The molecule has 1 N–H and O–H groups in total. The van der Waals surface area contributed by atoms with E-state index in [2.05, 4.69) is 11.9 Å². The van der Waals surface area contributed by atoms with Crippen LogP contribution < -0.4 is 5.32 Å². The van der Waals surface area contributed by atoms with Gasteiger partial charge in [-0.15, -0.1) is 6.58 Å². The van der Waals surface area contributed by atoms with Crippen molar-refractivity contribution in [3.8, 4) is 0 Å². The second-order valence-corrected chi connectivity index (χ2v) is 6.93. The van der Waals surface area contributed by atoms with Gasteiger partial charge in [-0.05, 0) is 37.1 Å². The van der Waals surface area contributed by atoms with Gasteiger partial charge >= 0.3 is 0 Å². The number of sulfonamides is 1. The molecule has 1 heterocycles. The Labute approximate surface area is 125 Å². The predicted octanol–water partition coefficient (Wildman–Crippen LogP) is 1.78. The molecule has 1 saturated heterocycles. The van der Waals surface area contributed by atoms with E-state index in [4.69, 9.17) is 0 Å². The Hall–Kier alpha value is -1.66. The van der Waals surface area contributed by atoms with Gasteiger partial charge in [0.15, 0.2) is 0 Å². The molecule has 1 aliphatic heterocycles. The number of hydrogen-bond acceptors (Lipinski definition) is 3. The standard InChI is InChI=1S/C15H20N2O3S/c1-2-10-16-15(18)13-6-8-14(9-7-13)21(19,20)17-11-4-3-5-12-17/h2,6-9H,1,3-5,10-12H2,(H,16,18). The minimum absolute atomic E-state index is 0.239. The van der Waals surface area contributed by atoms with Gasteiger partial charge in [0, 0.05) is 25.2 Å². The fraction of sp³-hybridized carbons (Fsp3) is 0.400. The van der Waals surface area contributed by atoms with Crippen LogP contribution in [0.3, 0.4) is 0 Å². The first-order valence-corrected chi connectivity index (χ1v) is 8.49. The molecule has 21 heavy (non-hydrogen) atoms. The highest BCUT2D eigenvalue weighted by Gasteiger charge is 2.25. The van der Waals surface area contributed by atoms with Gasteiger partial charge in [-0.3, -0.25) is 4.79 Å². The summed E-state index contributed by atoms with van der Waals surface area (Å²) in [6.07, 6.45) is 4.48. The van der Waals surface area contributed by atoms with Crippen molar-refractivity contribution in [3.63, 3.8) is 0 Å². The van der Waals surface area contributed by atoms with E-state index in [9.17, 15) is 13.2 Å². The summed E-state index contributed by atoms with van der Waals surface area (Å²) in [6.45, 7) is 5.05. The molecule has 0 aliphatic carbocycles. The maximum absolute atomic E-state index is 12.5. The highest BCUT2D eigenvalue weighted by molar-refractivity contribution is 7.89. The summed E-state index contributed by atoms with van der Waals surface area (Å²) in [5.74, 6) is -0.239. The zero-order valence-corrected chi connectivity index (χ0v) is 12.7. The summed E-state index contributed by atoms with van der Waals surface area (Å²) in [5.41, 5.74) is 0.439. The lowest BCUT2D eigenvalue weighted by Gasteiger charge is -2.25. The maximum atomic E-state index is 12.5. The summed E-state index contributed by atoms with van der Waals surface area (Å²) in [4.78, 5) is 12.0. The number of carbonyl (C=O) groups is 1. The molecule has 0 radical (unpaired) electrons. The van der Waals surface area contributed by atoms with Crippen molar-refractivity contribution in [1.82, 2.24) is 9.62 Å². The Morgan fingerprint density at radius 1 is 1.19 bits per heavy atom. The minimum Gasteiger partial charge on any atom is -0.349 e. The largest absolute Gasteiger partial charge is 0.349 e. The fourth-order valence-corrected chi connectivity index (χ4v) is 3.82. The van der Waals surface area contributed by atoms with Gasteiger partial charge in [0.1, 0.15) is 0 Å². The lowest BCUT2D eigenvalue weighted by atomic mass is 10.2. The van der Waals surface area contributed by atoms with Crippen LogP contribution in [0.1, 0.15) is 29.6 Å². The van der Waals surface area contributed by atoms with Crippen LogP contribution in [0.4, 0.5) is 0 Å². The van der Waals surface area contributed by atoms with Crippen molar-refractivity contribution >= 4 is 15.9 Å². The molecule has 0 aromatic heterocycles. The van der Waals surface area contributed by atoms with Crippen LogP contribution in [0.15, 0.2) is 41.8 Å². The first-order valence-electron chi connectivity index (χ1n) is 7.05. The third kappa shape index (κ3) is 3.71. The maximum Gasteiger partial charge on any atom is 0.251 e. The first kappa shape index (κ1) is 15.7. The lowest BCUT2D eigenvalue weighted by molar-refractivity contribution is 0.0958. The molecule has 0 unspecified atom stereocenters. The van der Waals surface area contributed by atoms with Gasteiger partial charge in [0.2, 0.25) is 10.0 Å². The SMILES string of the molecule is C=CCNC(=O)c1ccc(S(=O)(=O)N2CCCCC2)cc1. The molecule has 1 aromatic carbocycles. The van der Waals surface area contributed by atoms with E-state index in [1.165, 1.54) is 28.6 Å². The molecule has 6 heteroatoms. The molecule has 1 amide bonds. The second-order valence-electron chi connectivity index (χ2n) is 4.99. The fourth-order valence-electron chi connectivity index (χ4n) is 2.30. The van der Waals surface area contributed by atoms with Gasteiger partial charge in [0.25, 0.3) is 5.91 Å². The highest BCUT2D eigenvalue weighted by atomic mass is 32.2. The van der Waals surface area contributed by atoms with Crippen molar-refractivity contribution in [3.05, 3.63) is 42.5 Å². The predicted molar refractivity (Wildman–Crippen MR) is 81.6 cm³/mol. The zero-order valence-electron chi connectivity index (χ0n) is 11.9. The van der Waals surface area contributed by atoms with Gasteiger partial charge in [-0.25, -0.2) is 8.42 Å². The molecule has 2 rings (SSSR count). The Morgan fingerprint density at radius 3 is 2.38 bits per heavy atom. The van der Waals surface area contributed by atoms with Gasteiger partial charge < -0.3 is 5.32 Å². The average molecular weight is 308 g/mol. The third-order valence-electron chi connectivity index (χ3n) is 3.48. The van der Waals surface area contributed by atoms with Gasteiger partial charge in [0.05, 0.1) is 4.90 Å². The van der Waals surface area contributed by atoms with Crippen LogP contribution in [0.25, 0.3) is 0 Å². The topological polar surface area (TPSA) is 66.5 Å². The second kappa shape index (κ2) is 6.87. The third-order valence-corrected chi connectivity index (χ3v) is 5.39. The molecule has 1 aliphatic rings. The molecule has 1 fully saturated rings. The monoisotopic (exact) mass is 308 g/mol. The summed E-state index contributed by atoms with van der Waals surface area (Å²) in [5, 5.41) is 2.65. The Kier molecular flexibility index (Phi) is 5.14. The van der Waals surface area contributed by atoms with Crippen molar-refractivity contribution in [2.24, 2.45) is 0 Å². The minimum atomic E-state index is -3.44. The lowest BCUT2D eigenvalue weighted by Crippen LogP contribution is -2.35. The number of piperidine rings is 1. The smallest absolute Gasteiger partial charge is 0.251 e. The molecule has 0 saturated carbocycles. The Bertz CT molecular complexity index is 602. The average Bonchev–Trinajstić information content (AvgIpc) is 2.53. The van der Waals surface area contributed by atoms with E-state index >= 15 is 0 Å². The van der Waals surface area contributed by atoms with Crippen LogP contribution in [-0.4, -0.2) is 38.3 Å². The zero-order chi connectivity index (χ0) is 15.3. The molecule has 0 spiro atoms. The number of hydrogen-bond donors (Lipinski definition) is 1. The van der Waals surface area contributed by atoms with E-state index in [1.807, 2.05) is 0 Å². The van der Waals surface area contributed by atoms with Crippen LogP contribution >= 0.6 is 0 Å². The van der Waals surface area contributed by atoms with Crippen LogP contribution in [0.5, 0.6) is 0 Å². The van der Waals surface area contributed by atoms with Crippen LogP contribution in [0.2, 0.25) is 0 Å². The number of nitrogens with one attached hydrogen (secondary N) is 1. The van der Waals surface area contributed by atoms with Crippen molar-refractivity contribution in [2.75, 3.05) is 19.6 Å². The van der Waals surface area contributed by atoms with E-state index in [-0.39, 0.29) is 10.8 Å². The summed E-state index contributed by atoms with van der Waals surface area (Å²) in [7, 11) is -3.44. The molecule has 0 atom stereocenters. The van der Waals surface area contributed by atoms with E-state index in [0.717, 1.165) is 19.3 Å². The number of carbonyl (C=O) groups excluding carboxylic acids is 1. The summed E-state index contributed by atoms with van der Waals surface area (Å²) >= 11 is 0. The van der Waals surface area contributed by atoms with Crippen LogP contribution in [-0.2, 0) is 10.0 Å². The highest BCUT2D eigenvalue weighted by Crippen LogP contribution is 2.20. The number of rotatable bonds is 5. The molecule has 0 bridgehead atoms. The summed E-state index contributed by atoms with van der Waals surface area (Å²) < 4.78 is 26.4. The molecule has 1 aromatic rings. The Balaban J connectivity index is 2.14. The van der Waals surface area contributed by atoms with E-state index < -0.39 is 10.0 Å². The van der Waals surface area contributed by atoms with Crippen molar-refractivity contribution in [2.45, 2.75) is 24.2 Å². The number of benzene rings is 1. The number of nitrogens with zero attached hydrogens (tertiary/aromatic N) is 1. The number of amides is 1. The van der Waals surface area contributed by atoms with Gasteiger partial charge in [-0.1, -0.05) is 12.5 Å². The first-order chi connectivity index (χ1) is 10.1.